The van der Waals surface area contributed by atoms with E-state index >= 15 is 0 Å². The third-order valence-electron chi connectivity index (χ3n) is 7.75. The average molecular weight is 461 g/mol. The van der Waals surface area contributed by atoms with Crippen LogP contribution in [0.25, 0.3) is 5.69 Å². The van der Waals surface area contributed by atoms with Crippen LogP contribution < -0.4 is 5.32 Å². The molecule has 2 amide bonds. The third-order valence-corrected chi connectivity index (χ3v) is 8.81. The molecule has 3 aromatic rings. The molecule has 170 valence electrons. The number of nitrogens with zero attached hydrogens (tertiary/aromatic N) is 3. The molecule has 7 heteroatoms. The molecule has 1 spiro atoms. The Morgan fingerprint density at radius 1 is 1.09 bits per heavy atom. The average Bonchev–Trinajstić information content (AvgIpc) is 3.21. The van der Waals surface area contributed by atoms with Gasteiger partial charge in [0, 0.05) is 37.1 Å². The fourth-order valence-electron chi connectivity index (χ4n) is 5.62. The number of rotatable bonds is 4. The first-order valence-electron chi connectivity index (χ1n) is 11.9. The second kappa shape index (κ2) is 8.13. The molecule has 33 heavy (non-hydrogen) atoms. The van der Waals surface area contributed by atoms with Crippen LogP contribution in [0.2, 0.25) is 0 Å². The van der Waals surface area contributed by atoms with Gasteiger partial charge in [0.15, 0.2) is 0 Å². The lowest BCUT2D eigenvalue weighted by Gasteiger charge is -2.33. The fraction of sp³-hybridized carbons (Fsp3) is 0.423. The number of benzene rings is 1. The number of carbonyl (C=O) groups excluding carboxylic acids is 2. The third kappa shape index (κ3) is 3.78. The molecule has 3 heterocycles. The van der Waals surface area contributed by atoms with E-state index in [-0.39, 0.29) is 23.1 Å². The fourth-order valence-corrected chi connectivity index (χ4v) is 6.74. The number of aryl methyl sites for hydroxylation is 1. The summed E-state index contributed by atoms with van der Waals surface area (Å²) in [4.78, 5) is 29.1. The van der Waals surface area contributed by atoms with Gasteiger partial charge in [-0.05, 0) is 97.2 Å². The molecule has 0 unspecified atom stereocenters. The van der Waals surface area contributed by atoms with E-state index in [1.54, 1.807) is 22.2 Å². The van der Waals surface area contributed by atoms with Crippen molar-refractivity contribution in [1.29, 1.82) is 0 Å². The number of hydrogen-bond donors (Lipinski definition) is 1. The zero-order valence-corrected chi connectivity index (χ0v) is 19.4. The van der Waals surface area contributed by atoms with Gasteiger partial charge < -0.3 is 10.2 Å². The van der Waals surface area contributed by atoms with Crippen LogP contribution in [0, 0.1) is 11.3 Å². The van der Waals surface area contributed by atoms with Crippen LogP contribution in [0.15, 0.2) is 48.1 Å². The first-order chi connectivity index (χ1) is 16.1. The standard InChI is InChI=1S/C26H28N4O2S/c31-24(28-19-6-8-20(9-7-19)30-13-3-12-27-30)22-16-26(22)10-14-29(15-11-26)25(32)23-21-5-2-1-4-18(21)17-33-23/h3,6-9,12-13,17,22H,1-2,4-5,10-11,14-16H2,(H,28,31)/t22-/m0/s1. The van der Waals surface area contributed by atoms with Crippen molar-refractivity contribution < 1.29 is 9.59 Å². The molecule has 6 nitrogen and oxygen atoms in total. The van der Waals surface area contributed by atoms with Gasteiger partial charge in [0.05, 0.1) is 10.6 Å². The van der Waals surface area contributed by atoms with E-state index in [1.807, 2.05) is 41.4 Å². The number of thiophene rings is 1. The molecule has 2 fully saturated rings. The van der Waals surface area contributed by atoms with Crippen molar-refractivity contribution in [3.63, 3.8) is 0 Å². The molecular formula is C26H28N4O2S. The van der Waals surface area contributed by atoms with Crippen molar-refractivity contribution in [3.05, 3.63) is 64.1 Å². The summed E-state index contributed by atoms with van der Waals surface area (Å²) in [7, 11) is 0. The zero-order chi connectivity index (χ0) is 22.4. The van der Waals surface area contributed by atoms with Crippen molar-refractivity contribution in [3.8, 4) is 5.69 Å². The smallest absolute Gasteiger partial charge is 0.264 e. The molecule has 1 saturated heterocycles. The zero-order valence-electron chi connectivity index (χ0n) is 18.6. The molecule has 1 N–H and O–H groups in total. The van der Waals surface area contributed by atoms with E-state index in [0.717, 1.165) is 61.4 Å². The first kappa shape index (κ1) is 20.7. The molecule has 1 atom stereocenters. The molecule has 0 bridgehead atoms. The Labute approximate surface area is 197 Å². The summed E-state index contributed by atoms with van der Waals surface area (Å²) in [6, 6.07) is 9.65. The summed E-state index contributed by atoms with van der Waals surface area (Å²) in [5, 5.41) is 9.51. The number of aromatic nitrogens is 2. The monoisotopic (exact) mass is 460 g/mol. The van der Waals surface area contributed by atoms with Gasteiger partial charge in [-0.3, -0.25) is 9.59 Å². The highest BCUT2D eigenvalue weighted by molar-refractivity contribution is 7.12. The van der Waals surface area contributed by atoms with Crippen molar-refractivity contribution in [2.75, 3.05) is 18.4 Å². The number of likely N-dealkylation sites (tertiary alicyclic amines) is 1. The van der Waals surface area contributed by atoms with Gasteiger partial charge in [-0.25, -0.2) is 4.68 Å². The largest absolute Gasteiger partial charge is 0.338 e. The van der Waals surface area contributed by atoms with Crippen molar-refractivity contribution >= 4 is 28.8 Å². The summed E-state index contributed by atoms with van der Waals surface area (Å²) < 4.78 is 1.79. The van der Waals surface area contributed by atoms with E-state index < -0.39 is 0 Å². The normalized spacial score (nSPS) is 21.0. The topological polar surface area (TPSA) is 67.2 Å². The Hall–Kier alpha value is -2.93. The number of amides is 2. The Morgan fingerprint density at radius 2 is 1.88 bits per heavy atom. The lowest BCUT2D eigenvalue weighted by atomic mass is 9.90. The van der Waals surface area contributed by atoms with Crippen LogP contribution in [-0.2, 0) is 17.6 Å². The minimum absolute atomic E-state index is 0.0510. The van der Waals surface area contributed by atoms with Crippen molar-refractivity contribution in [1.82, 2.24) is 14.7 Å². The van der Waals surface area contributed by atoms with Crippen molar-refractivity contribution in [2.45, 2.75) is 44.9 Å². The van der Waals surface area contributed by atoms with Crippen LogP contribution >= 0.6 is 11.3 Å². The van der Waals surface area contributed by atoms with Crippen LogP contribution in [0.5, 0.6) is 0 Å². The van der Waals surface area contributed by atoms with E-state index in [1.165, 1.54) is 24.0 Å². The van der Waals surface area contributed by atoms with Crippen LogP contribution in [0.1, 0.15) is 52.9 Å². The second-order valence-corrected chi connectivity index (χ2v) is 10.6. The van der Waals surface area contributed by atoms with Gasteiger partial charge in [0.1, 0.15) is 0 Å². The minimum Gasteiger partial charge on any atom is -0.338 e. The summed E-state index contributed by atoms with van der Waals surface area (Å²) >= 11 is 1.63. The molecule has 6 rings (SSSR count). The summed E-state index contributed by atoms with van der Waals surface area (Å²) in [6.07, 6.45) is 11.0. The lowest BCUT2D eigenvalue weighted by Crippen LogP contribution is -2.40. The number of carbonyl (C=O) groups is 2. The molecule has 1 aliphatic heterocycles. The molecular weight excluding hydrogens is 432 g/mol. The highest BCUT2D eigenvalue weighted by Crippen LogP contribution is 2.59. The van der Waals surface area contributed by atoms with Gasteiger partial charge in [-0.2, -0.15) is 5.10 Å². The number of anilines is 1. The minimum atomic E-state index is 0.0510. The van der Waals surface area contributed by atoms with E-state index in [2.05, 4.69) is 15.8 Å². The summed E-state index contributed by atoms with van der Waals surface area (Å²) in [6.45, 7) is 1.52. The van der Waals surface area contributed by atoms with Gasteiger partial charge >= 0.3 is 0 Å². The number of hydrogen-bond acceptors (Lipinski definition) is 4. The molecule has 0 radical (unpaired) electrons. The Bertz CT molecular complexity index is 1170. The number of piperidine rings is 1. The predicted molar refractivity (Wildman–Crippen MR) is 129 cm³/mol. The summed E-state index contributed by atoms with van der Waals surface area (Å²) in [5.74, 6) is 0.362. The molecule has 2 aromatic heterocycles. The first-order valence-corrected chi connectivity index (χ1v) is 12.8. The molecule has 3 aliphatic rings. The van der Waals surface area contributed by atoms with Crippen LogP contribution in [0.3, 0.4) is 0 Å². The maximum atomic E-state index is 13.2. The van der Waals surface area contributed by atoms with Gasteiger partial charge in [0.25, 0.3) is 5.91 Å². The molecule has 2 aliphatic carbocycles. The Morgan fingerprint density at radius 3 is 2.64 bits per heavy atom. The maximum absolute atomic E-state index is 13.2. The summed E-state index contributed by atoms with van der Waals surface area (Å²) in [5.41, 5.74) is 4.54. The maximum Gasteiger partial charge on any atom is 0.264 e. The molecule has 1 aromatic carbocycles. The van der Waals surface area contributed by atoms with Gasteiger partial charge in [-0.1, -0.05) is 0 Å². The van der Waals surface area contributed by atoms with E-state index in [4.69, 9.17) is 0 Å². The second-order valence-electron chi connectivity index (χ2n) is 9.67. The van der Waals surface area contributed by atoms with Gasteiger partial charge in [0.2, 0.25) is 5.91 Å². The highest BCUT2D eigenvalue weighted by Gasteiger charge is 2.58. The van der Waals surface area contributed by atoms with E-state index in [9.17, 15) is 9.59 Å². The molecule has 1 saturated carbocycles. The van der Waals surface area contributed by atoms with Crippen LogP contribution in [-0.4, -0.2) is 39.6 Å². The number of nitrogens with one attached hydrogen (secondary N) is 1. The van der Waals surface area contributed by atoms with Crippen LogP contribution in [0.4, 0.5) is 5.69 Å². The van der Waals surface area contributed by atoms with E-state index in [0.29, 0.717) is 0 Å². The SMILES string of the molecule is O=C(Nc1ccc(-n2cccn2)cc1)[C@@H]1CC12CCN(C(=O)c1scc3c1CCCC3)CC2. The highest BCUT2D eigenvalue weighted by atomic mass is 32.1. The predicted octanol–water partition coefficient (Wildman–Crippen LogP) is 4.69. The Balaban J connectivity index is 1.05. The number of fused-ring (bicyclic) bond motifs is 1. The lowest BCUT2D eigenvalue weighted by molar-refractivity contribution is -0.118. The Kier molecular flexibility index (Phi) is 5.09. The van der Waals surface area contributed by atoms with Crippen molar-refractivity contribution in [2.24, 2.45) is 11.3 Å². The quantitative estimate of drug-likeness (QED) is 0.614. The van der Waals surface area contributed by atoms with Gasteiger partial charge in [-0.15, -0.1) is 11.3 Å².